The van der Waals surface area contributed by atoms with Gasteiger partial charge in [0.25, 0.3) is 0 Å². The fourth-order valence-corrected chi connectivity index (χ4v) is 3.62. The molecule has 2 aromatic rings. The Bertz CT molecular complexity index is 820. The van der Waals surface area contributed by atoms with E-state index in [2.05, 4.69) is 79.5 Å². The monoisotopic (exact) mass is 412 g/mol. The summed E-state index contributed by atoms with van der Waals surface area (Å²) in [7, 11) is 0. The van der Waals surface area contributed by atoms with E-state index in [0.29, 0.717) is 18.4 Å². The molecule has 2 heterocycles. The van der Waals surface area contributed by atoms with Crippen LogP contribution >= 0.6 is 0 Å². The predicted octanol–water partition coefficient (Wildman–Crippen LogP) is 4.50. The van der Waals surface area contributed by atoms with E-state index in [9.17, 15) is 0 Å². The Morgan fingerprint density at radius 1 is 1.20 bits per heavy atom. The standard InChI is InChI=1S/C24H36N4O2/c1-6-25-23(28-16-21-26-15-20(30-21)24(3,4)5)27-14-19-8-7-13-29-22(19)18-11-9-17(2)10-12-18/h9-12,15,19,22H,6-8,13-14,16H2,1-5H3,(H2,25,27,28). The van der Waals surface area contributed by atoms with Gasteiger partial charge in [-0.25, -0.2) is 9.98 Å². The van der Waals surface area contributed by atoms with Gasteiger partial charge in [-0.05, 0) is 32.3 Å². The third-order valence-corrected chi connectivity index (χ3v) is 5.39. The maximum Gasteiger partial charge on any atom is 0.216 e. The average molecular weight is 413 g/mol. The summed E-state index contributed by atoms with van der Waals surface area (Å²) in [6.07, 6.45) is 4.15. The van der Waals surface area contributed by atoms with Gasteiger partial charge >= 0.3 is 0 Å². The van der Waals surface area contributed by atoms with Gasteiger partial charge in [0.2, 0.25) is 5.89 Å². The van der Waals surface area contributed by atoms with Crippen LogP contribution in [0.1, 0.15) is 69.4 Å². The van der Waals surface area contributed by atoms with Gasteiger partial charge in [-0.15, -0.1) is 0 Å². The van der Waals surface area contributed by atoms with E-state index in [4.69, 9.17) is 9.15 Å². The first-order valence-electron chi connectivity index (χ1n) is 11.0. The van der Waals surface area contributed by atoms with Crippen LogP contribution in [0.5, 0.6) is 0 Å². The summed E-state index contributed by atoms with van der Waals surface area (Å²) in [6, 6.07) is 8.69. The third kappa shape index (κ3) is 6.08. The number of nitrogens with zero attached hydrogens (tertiary/aromatic N) is 2. The lowest BCUT2D eigenvalue weighted by molar-refractivity contribution is -0.0265. The molecule has 2 unspecified atom stereocenters. The maximum atomic E-state index is 6.15. The molecule has 0 bridgehead atoms. The Morgan fingerprint density at radius 2 is 1.97 bits per heavy atom. The second-order valence-corrected chi connectivity index (χ2v) is 9.05. The number of nitrogens with one attached hydrogen (secondary N) is 2. The van der Waals surface area contributed by atoms with E-state index in [1.807, 2.05) is 0 Å². The van der Waals surface area contributed by atoms with Gasteiger partial charge in [0.15, 0.2) is 5.96 Å². The zero-order valence-electron chi connectivity index (χ0n) is 19.0. The molecule has 0 radical (unpaired) electrons. The topological polar surface area (TPSA) is 71.7 Å². The van der Waals surface area contributed by atoms with Crippen LogP contribution < -0.4 is 10.6 Å². The van der Waals surface area contributed by atoms with Crippen molar-refractivity contribution in [1.29, 1.82) is 0 Å². The van der Waals surface area contributed by atoms with E-state index < -0.39 is 0 Å². The van der Waals surface area contributed by atoms with Crippen LogP contribution in [-0.4, -0.2) is 30.6 Å². The quantitative estimate of drug-likeness (QED) is 0.540. The largest absolute Gasteiger partial charge is 0.443 e. The van der Waals surface area contributed by atoms with Crippen molar-refractivity contribution in [2.75, 3.05) is 19.7 Å². The first-order valence-corrected chi connectivity index (χ1v) is 11.0. The second kappa shape index (κ2) is 10.1. The van der Waals surface area contributed by atoms with E-state index >= 15 is 0 Å². The molecular weight excluding hydrogens is 376 g/mol. The minimum atomic E-state index is -0.0519. The van der Waals surface area contributed by atoms with Gasteiger partial charge < -0.3 is 19.8 Å². The summed E-state index contributed by atoms with van der Waals surface area (Å²) >= 11 is 0. The third-order valence-electron chi connectivity index (χ3n) is 5.39. The van der Waals surface area contributed by atoms with Crippen LogP contribution in [0.15, 0.2) is 39.9 Å². The number of ether oxygens (including phenoxy) is 1. The summed E-state index contributed by atoms with van der Waals surface area (Å²) in [5, 5.41) is 6.82. The summed E-state index contributed by atoms with van der Waals surface area (Å²) in [6.45, 7) is 13.4. The van der Waals surface area contributed by atoms with Crippen molar-refractivity contribution in [2.24, 2.45) is 10.9 Å². The van der Waals surface area contributed by atoms with E-state index in [1.165, 1.54) is 11.1 Å². The Hall–Kier alpha value is -2.34. The molecule has 6 heteroatoms. The predicted molar refractivity (Wildman–Crippen MR) is 121 cm³/mol. The van der Waals surface area contributed by atoms with Gasteiger partial charge in [0.05, 0.1) is 12.3 Å². The summed E-state index contributed by atoms with van der Waals surface area (Å²) in [5.41, 5.74) is 2.47. The molecule has 1 aliphatic rings. The van der Waals surface area contributed by atoms with Crippen molar-refractivity contribution < 1.29 is 9.15 Å². The lowest BCUT2D eigenvalue weighted by Gasteiger charge is -2.32. The molecule has 164 valence electrons. The lowest BCUT2D eigenvalue weighted by atomic mass is 9.89. The van der Waals surface area contributed by atoms with Gasteiger partial charge in [0, 0.05) is 31.0 Å². The lowest BCUT2D eigenvalue weighted by Crippen LogP contribution is -2.42. The first kappa shape index (κ1) is 22.3. The number of oxazole rings is 1. The fraction of sp³-hybridized carbons (Fsp3) is 0.583. The molecular formula is C24H36N4O2. The molecule has 30 heavy (non-hydrogen) atoms. The average Bonchev–Trinajstić information content (AvgIpc) is 3.21. The number of benzene rings is 1. The molecule has 1 saturated heterocycles. The van der Waals surface area contributed by atoms with Crippen LogP contribution in [0.3, 0.4) is 0 Å². The summed E-state index contributed by atoms with van der Waals surface area (Å²) in [5.74, 6) is 2.70. The number of hydrogen-bond donors (Lipinski definition) is 2. The number of aliphatic imine (C=N–C) groups is 1. The highest BCUT2D eigenvalue weighted by Crippen LogP contribution is 2.33. The number of aryl methyl sites for hydroxylation is 1. The summed E-state index contributed by atoms with van der Waals surface area (Å²) < 4.78 is 12.0. The first-order chi connectivity index (χ1) is 14.4. The zero-order valence-corrected chi connectivity index (χ0v) is 19.0. The van der Waals surface area contributed by atoms with Crippen LogP contribution in [0.4, 0.5) is 0 Å². The summed E-state index contributed by atoms with van der Waals surface area (Å²) in [4.78, 5) is 9.04. The van der Waals surface area contributed by atoms with E-state index in [1.54, 1.807) is 6.20 Å². The van der Waals surface area contributed by atoms with Crippen molar-refractivity contribution >= 4 is 5.96 Å². The smallest absolute Gasteiger partial charge is 0.216 e. The van der Waals surface area contributed by atoms with Gasteiger partial charge in [-0.3, -0.25) is 0 Å². The van der Waals surface area contributed by atoms with Gasteiger partial charge in [-0.1, -0.05) is 50.6 Å². The number of rotatable bonds is 6. The van der Waals surface area contributed by atoms with Gasteiger partial charge in [-0.2, -0.15) is 0 Å². The molecule has 1 aliphatic heterocycles. The molecule has 2 atom stereocenters. The van der Waals surface area contributed by atoms with Crippen LogP contribution in [0.2, 0.25) is 0 Å². The number of guanidine groups is 1. The Morgan fingerprint density at radius 3 is 2.63 bits per heavy atom. The highest BCUT2D eigenvalue weighted by atomic mass is 16.5. The fourth-order valence-electron chi connectivity index (χ4n) is 3.62. The van der Waals surface area contributed by atoms with Crippen LogP contribution in [-0.2, 0) is 16.7 Å². The Balaban J connectivity index is 1.63. The molecule has 2 N–H and O–H groups in total. The van der Waals surface area contributed by atoms with Crippen molar-refractivity contribution in [1.82, 2.24) is 15.6 Å². The number of hydrogen-bond acceptors (Lipinski definition) is 4. The highest BCUT2D eigenvalue weighted by molar-refractivity contribution is 5.79. The highest BCUT2D eigenvalue weighted by Gasteiger charge is 2.27. The minimum Gasteiger partial charge on any atom is -0.443 e. The van der Waals surface area contributed by atoms with Crippen molar-refractivity contribution in [3.63, 3.8) is 0 Å². The molecule has 6 nitrogen and oxygen atoms in total. The SMILES string of the molecule is CCNC(=NCc1ncc(C(C)(C)C)o1)NCC1CCCOC1c1ccc(C)cc1. The second-order valence-electron chi connectivity index (χ2n) is 9.05. The maximum absolute atomic E-state index is 6.15. The molecule has 3 rings (SSSR count). The molecule has 1 fully saturated rings. The van der Waals surface area contributed by atoms with Crippen molar-refractivity contribution in [3.05, 3.63) is 53.2 Å². The normalized spacial score (nSPS) is 20.2. The van der Waals surface area contributed by atoms with Crippen molar-refractivity contribution in [3.8, 4) is 0 Å². The number of aromatic nitrogens is 1. The molecule has 0 aliphatic carbocycles. The zero-order chi connectivity index (χ0) is 21.6. The van der Waals surface area contributed by atoms with Crippen LogP contribution in [0, 0.1) is 12.8 Å². The molecule has 0 amide bonds. The molecule has 0 spiro atoms. The molecule has 0 saturated carbocycles. The Labute approximate surface area is 180 Å². The Kier molecular flexibility index (Phi) is 7.53. The molecule has 1 aromatic heterocycles. The van der Waals surface area contributed by atoms with Crippen LogP contribution in [0.25, 0.3) is 0 Å². The van der Waals surface area contributed by atoms with E-state index in [-0.39, 0.29) is 11.5 Å². The molecule has 1 aromatic carbocycles. The van der Waals surface area contributed by atoms with E-state index in [0.717, 1.165) is 44.3 Å². The van der Waals surface area contributed by atoms with Gasteiger partial charge in [0.1, 0.15) is 12.3 Å². The minimum absolute atomic E-state index is 0.0519. The van der Waals surface area contributed by atoms with Crippen molar-refractivity contribution in [2.45, 2.75) is 65.5 Å².